The normalized spacial score (nSPS) is 11.8. The van der Waals surface area contributed by atoms with Gasteiger partial charge in [-0.25, -0.2) is 4.57 Å². The number of fused-ring (bicyclic) bond motifs is 1. The summed E-state index contributed by atoms with van der Waals surface area (Å²) < 4.78 is 6.23. The lowest BCUT2D eigenvalue weighted by Crippen LogP contribution is -2.25. The molecule has 2 heterocycles. The second-order valence-electron chi connectivity index (χ2n) is 5.55. The van der Waals surface area contributed by atoms with Crippen LogP contribution in [-0.4, -0.2) is 15.5 Å². The summed E-state index contributed by atoms with van der Waals surface area (Å²) >= 11 is 0. The minimum Gasteiger partial charge on any atom is -0.309 e. The molecule has 0 atom stereocenters. The van der Waals surface area contributed by atoms with Crippen LogP contribution >= 0.6 is 0 Å². The van der Waals surface area contributed by atoms with Crippen molar-refractivity contribution < 1.29 is 4.57 Å². The van der Waals surface area contributed by atoms with Gasteiger partial charge in [0.2, 0.25) is 5.62 Å². The van der Waals surface area contributed by atoms with Gasteiger partial charge in [-0.15, -0.1) is 20.4 Å². The number of imidazole rings is 1. The van der Waals surface area contributed by atoms with Crippen LogP contribution < -0.4 is 10.2 Å². The first-order chi connectivity index (χ1) is 12.2. The Morgan fingerprint density at radius 1 is 0.960 bits per heavy atom. The van der Waals surface area contributed by atoms with Crippen molar-refractivity contribution >= 4 is 23.1 Å². The molecular weight excluding hydrogens is 314 g/mol. The predicted molar refractivity (Wildman–Crippen MR) is 97.5 cm³/mol. The van der Waals surface area contributed by atoms with E-state index in [0.29, 0.717) is 0 Å². The standard InChI is InChI=1S/C18H22N7/c1-4-24-16-8-6-7-9-17(16)25(5-2)18(24)22-20-14-19-21-15-10-12-23(3)13-11-15/h6-14H,4-5H2,1-3H3/q+1. The fraction of sp³-hybridized carbons (Fsp3) is 0.278. The molecule has 128 valence electrons. The van der Waals surface area contributed by atoms with E-state index in [-0.39, 0.29) is 0 Å². The van der Waals surface area contributed by atoms with Crippen LogP contribution in [0.4, 0.5) is 5.69 Å². The van der Waals surface area contributed by atoms with Gasteiger partial charge in [0.15, 0.2) is 18.7 Å². The molecule has 0 N–H and O–H groups in total. The van der Waals surface area contributed by atoms with Crippen molar-refractivity contribution in [1.82, 2.24) is 9.13 Å². The molecule has 0 bridgehead atoms. The summed E-state index contributed by atoms with van der Waals surface area (Å²) in [5, 5.41) is 16.5. The van der Waals surface area contributed by atoms with E-state index in [0.717, 1.165) is 35.4 Å². The SMILES string of the molecule is CCn1c(=NN=CN=Nc2cc[n+](C)cc2)n(CC)c2ccccc21. The molecule has 7 heteroatoms. The number of para-hydroxylation sites is 2. The number of benzene rings is 1. The third-order valence-electron chi connectivity index (χ3n) is 3.96. The van der Waals surface area contributed by atoms with E-state index in [4.69, 9.17) is 0 Å². The minimum atomic E-state index is 0.774. The lowest BCUT2D eigenvalue weighted by atomic mass is 10.3. The second-order valence-corrected chi connectivity index (χ2v) is 5.55. The van der Waals surface area contributed by atoms with E-state index >= 15 is 0 Å². The summed E-state index contributed by atoms with van der Waals surface area (Å²) in [7, 11) is 1.96. The summed E-state index contributed by atoms with van der Waals surface area (Å²) in [4.78, 5) is 0. The number of pyridine rings is 1. The van der Waals surface area contributed by atoms with Crippen molar-refractivity contribution in [3.8, 4) is 0 Å². The Labute approximate surface area is 146 Å². The highest BCUT2D eigenvalue weighted by Crippen LogP contribution is 2.12. The average Bonchev–Trinajstić information content (AvgIpc) is 2.95. The van der Waals surface area contributed by atoms with Gasteiger partial charge in [0.1, 0.15) is 7.05 Å². The average molecular weight is 336 g/mol. The monoisotopic (exact) mass is 336 g/mol. The molecule has 1 aromatic carbocycles. The smallest absolute Gasteiger partial charge is 0.230 e. The molecule has 0 amide bonds. The van der Waals surface area contributed by atoms with Crippen LogP contribution in [-0.2, 0) is 20.1 Å². The maximum atomic E-state index is 4.37. The van der Waals surface area contributed by atoms with Gasteiger partial charge in [-0.05, 0) is 26.0 Å². The quantitative estimate of drug-likeness (QED) is 0.226. The van der Waals surface area contributed by atoms with Crippen LogP contribution in [0.15, 0.2) is 69.2 Å². The maximum absolute atomic E-state index is 4.37. The lowest BCUT2D eigenvalue weighted by Gasteiger charge is -1.99. The van der Waals surface area contributed by atoms with E-state index in [1.54, 1.807) is 0 Å². The lowest BCUT2D eigenvalue weighted by molar-refractivity contribution is -0.671. The summed E-state index contributed by atoms with van der Waals surface area (Å²) in [5.74, 6) is 0. The molecule has 0 aliphatic carbocycles. The zero-order chi connectivity index (χ0) is 17.6. The van der Waals surface area contributed by atoms with E-state index < -0.39 is 0 Å². The summed E-state index contributed by atoms with van der Waals surface area (Å²) in [6.07, 6.45) is 5.20. The number of rotatable bonds is 5. The van der Waals surface area contributed by atoms with Crippen molar-refractivity contribution in [3.63, 3.8) is 0 Å². The number of aryl methyl sites for hydroxylation is 3. The largest absolute Gasteiger partial charge is 0.309 e. The minimum absolute atomic E-state index is 0.774. The van der Waals surface area contributed by atoms with Crippen LogP contribution in [0.1, 0.15) is 13.8 Å². The topological polar surface area (TPSA) is 63.2 Å². The van der Waals surface area contributed by atoms with Gasteiger partial charge >= 0.3 is 0 Å². The first-order valence-electron chi connectivity index (χ1n) is 8.34. The molecule has 2 aromatic heterocycles. The van der Waals surface area contributed by atoms with Crippen molar-refractivity contribution in [2.24, 2.45) is 27.5 Å². The first-order valence-corrected chi connectivity index (χ1v) is 8.34. The molecule has 0 saturated carbocycles. The molecule has 3 rings (SSSR count). The zero-order valence-corrected chi connectivity index (χ0v) is 14.7. The van der Waals surface area contributed by atoms with Crippen LogP contribution in [0.25, 0.3) is 11.0 Å². The molecule has 7 nitrogen and oxygen atoms in total. The third kappa shape index (κ3) is 3.55. The molecule has 3 aromatic rings. The van der Waals surface area contributed by atoms with E-state index in [1.807, 2.05) is 48.3 Å². The Kier molecular flexibility index (Phi) is 5.13. The van der Waals surface area contributed by atoms with Gasteiger partial charge in [0.25, 0.3) is 0 Å². The summed E-state index contributed by atoms with van der Waals surface area (Å²) in [5.41, 5.74) is 3.89. The number of nitrogens with zero attached hydrogens (tertiary/aromatic N) is 7. The Balaban J connectivity index is 1.91. The van der Waals surface area contributed by atoms with Crippen LogP contribution in [0, 0.1) is 0 Å². The van der Waals surface area contributed by atoms with Gasteiger partial charge in [0.05, 0.1) is 16.7 Å². The van der Waals surface area contributed by atoms with E-state index in [9.17, 15) is 0 Å². The highest BCUT2D eigenvalue weighted by molar-refractivity contribution is 5.75. The maximum Gasteiger partial charge on any atom is 0.230 e. The fourth-order valence-electron chi connectivity index (χ4n) is 2.77. The third-order valence-corrected chi connectivity index (χ3v) is 3.96. The molecular formula is C18H22N7+. The van der Waals surface area contributed by atoms with E-state index in [2.05, 4.69) is 55.5 Å². The molecule has 0 unspecified atom stereocenters. The predicted octanol–water partition coefficient (Wildman–Crippen LogP) is 2.94. The first kappa shape index (κ1) is 16.8. The zero-order valence-electron chi connectivity index (χ0n) is 14.7. The van der Waals surface area contributed by atoms with Gasteiger partial charge < -0.3 is 9.13 Å². The Bertz CT molecular complexity index is 931. The van der Waals surface area contributed by atoms with Crippen molar-refractivity contribution in [3.05, 3.63) is 54.4 Å². The van der Waals surface area contributed by atoms with Gasteiger partial charge in [-0.2, -0.15) is 0 Å². The molecule has 0 saturated heterocycles. The number of hydrogen-bond acceptors (Lipinski definition) is 3. The molecule has 25 heavy (non-hydrogen) atoms. The molecule has 0 aliphatic rings. The molecule has 0 spiro atoms. The van der Waals surface area contributed by atoms with Gasteiger partial charge in [0, 0.05) is 25.2 Å². The molecule has 0 radical (unpaired) electrons. The number of aromatic nitrogens is 3. The Hall–Kier alpha value is -3.09. The molecule has 0 aliphatic heterocycles. The number of azo groups is 1. The number of hydrogen-bond donors (Lipinski definition) is 0. The Morgan fingerprint density at radius 2 is 1.56 bits per heavy atom. The van der Waals surface area contributed by atoms with Crippen LogP contribution in [0.2, 0.25) is 0 Å². The fourth-order valence-corrected chi connectivity index (χ4v) is 2.77. The van der Waals surface area contributed by atoms with Gasteiger partial charge in [-0.3, -0.25) is 0 Å². The van der Waals surface area contributed by atoms with E-state index in [1.165, 1.54) is 6.34 Å². The van der Waals surface area contributed by atoms with Crippen LogP contribution in [0.3, 0.4) is 0 Å². The van der Waals surface area contributed by atoms with Crippen molar-refractivity contribution in [2.75, 3.05) is 0 Å². The highest BCUT2D eigenvalue weighted by Gasteiger charge is 2.08. The Morgan fingerprint density at radius 3 is 2.12 bits per heavy atom. The van der Waals surface area contributed by atoms with Gasteiger partial charge in [-0.1, -0.05) is 12.1 Å². The summed E-state index contributed by atoms with van der Waals surface area (Å²) in [6.45, 7) is 5.85. The van der Waals surface area contributed by atoms with Crippen molar-refractivity contribution in [2.45, 2.75) is 26.9 Å². The molecule has 0 fully saturated rings. The van der Waals surface area contributed by atoms with Crippen molar-refractivity contribution in [1.29, 1.82) is 0 Å². The van der Waals surface area contributed by atoms with Crippen LogP contribution in [0.5, 0.6) is 0 Å². The second kappa shape index (κ2) is 7.65. The highest BCUT2D eigenvalue weighted by atomic mass is 15.3. The summed E-state index contributed by atoms with van der Waals surface area (Å²) in [6, 6.07) is 12.0.